The lowest BCUT2D eigenvalue weighted by atomic mass is 9.79. The Kier molecular flexibility index (Phi) is 5.99. The number of aromatic amines is 1. The molecule has 2 aliphatic rings. The van der Waals surface area contributed by atoms with Crippen LogP contribution in [0, 0.1) is 5.82 Å². The number of rotatable bonds is 3. The summed E-state index contributed by atoms with van der Waals surface area (Å²) in [5, 5.41) is 0. The molecule has 1 saturated carbocycles. The zero-order valence-corrected chi connectivity index (χ0v) is 16.9. The standard InChI is InChI=1S/C20H28FN3O2.ClH/c1-20(10-6-15(26-2)7-11-20)23-12-8-14(9-13-23)24-17-5-3-4-16(21)18(17)22-19(24)25;/h3-5,14-15H,6-13H2,1-2H3,(H,22,25);1H. The van der Waals surface area contributed by atoms with E-state index >= 15 is 0 Å². The topological polar surface area (TPSA) is 50.3 Å². The van der Waals surface area contributed by atoms with Crippen LogP contribution in [0.5, 0.6) is 0 Å². The van der Waals surface area contributed by atoms with Gasteiger partial charge in [0, 0.05) is 31.8 Å². The number of fused-ring (bicyclic) bond motifs is 1. The van der Waals surface area contributed by atoms with Crippen molar-refractivity contribution in [2.24, 2.45) is 0 Å². The van der Waals surface area contributed by atoms with Crippen LogP contribution < -0.4 is 5.69 Å². The van der Waals surface area contributed by atoms with Gasteiger partial charge in [0.05, 0.1) is 11.6 Å². The van der Waals surface area contributed by atoms with Gasteiger partial charge in [0.2, 0.25) is 0 Å². The maximum atomic E-state index is 14.0. The first-order chi connectivity index (χ1) is 12.5. The van der Waals surface area contributed by atoms with Crippen LogP contribution in [-0.2, 0) is 4.74 Å². The van der Waals surface area contributed by atoms with Crippen LogP contribution in [0.25, 0.3) is 11.0 Å². The van der Waals surface area contributed by atoms with Crippen LogP contribution in [0.15, 0.2) is 23.0 Å². The molecule has 0 amide bonds. The quantitative estimate of drug-likeness (QED) is 0.855. The highest BCUT2D eigenvalue weighted by Gasteiger charge is 2.38. The van der Waals surface area contributed by atoms with Gasteiger partial charge in [-0.2, -0.15) is 0 Å². The molecule has 1 aliphatic carbocycles. The monoisotopic (exact) mass is 397 g/mol. The maximum Gasteiger partial charge on any atom is 0.326 e. The lowest BCUT2D eigenvalue weighted by Crippen LogP contribution is -2.52. The summed E-state index contributed by atoms with van der Waals surface area (Å²) in [6.07, 6.45) is 6.81. The molecule has 2 aromatic rings. The van der Waals surface area contributed by atoms with Crippen LogP contribution >= 0.6 is 12.4 Å². The highest BCUT2D eigenvalue weighted by Crippen LogP contribution is 2.37. The van der Waals surface area contributed by atoms with Crippen molar-refractivity contribution in [1.82, 2.24) is 14.5 Å². The molecule has 5 nitrogen and oxygen atoms in total. The Labute approximate surface area is 165 Å². The van der Waals surface area contributed by atoms with Crippen molar-refractivity contribution in [1.29, 1.82) is 0 Å². The van der Waals surface area contributed by atoms with E-state index in [1.54, 1.807) is 17.7 Å². The molecule has 2 heterocycles. The van der Waals surface area contributed by atoms with Gasteiger partial charge in [-0.3, -0.25) is 9.47 Å². The van der Waals surface area contributed by atoms with Gasteiger partial charge < -0.3 is 9.72 Å². The second-order valence-electron chi connectivity index (χ2n) is 8.08. The van der Waals surface area contributed by atoms with E-state index in [0.717, 1.165) is 51.6 Å². The molecule has 1 aliphatic heterocycles. The molecule has 150 valence electrons. The number of para-hydroxylation sites is 1. The Morgan fingerprint density at radius 2 is 1.85 bits per heavy atom. The van der Waals surface area contributed by atoms with Crippen LogP contribution in [0.4, 0.5) is 4.39 Å². The average Bonchev–Trinajstić information content (AvgIpc) is 3.00. The van der Waals surface area contributed by atoms with Gasteiger partial charge in [0.1, 0.15) is 11.3 Å². The third-order valence-corrected chi connectivity index (χ3v) is 6.64. The number of hydrogen-bond acceptors (Lipinski definition) is 3. The molecule has 0 atom stereocenters. The Morgan fingerprint density at radius 1 is 1.19 bits per heavy atom. The lowest BCUT2D eigenvalue weighted by Gasteiger charge is -2.48. The first-order valence-electron chi connectivity index (χ1n) is 9.68. The molecule has 0 unspecified atom stereocenters. The van der Waals surface area contributed by atoms with Gasteiger partial charge in [-0.05, 0) is 57.6 Å². The number of likely N-dealkylation sites (tertiary alicyclic amines) is 1. The summed E-state index contributed by atoms with van der Waals surface area (Å²) in [5.41, 5.74) is 1.04. The average molecular weight is 398 g/mol. The minimum absolute atomic E-state index is 0. The fraction of sp³-hybridized carbons (Fsp3) is 0.650. The first-order valence-corrected chi connectivity index (χ1v) is 9.68. The lowest BCUT2D eigenvalue weighted by molar-refractivity contribution is -0.0146. The zero-order valence-electron chi connectivity index (χ0n) is 16.0. The van der Waals surface area contributed by atoms with Gasteiger partial charge in [-0.15, -0.1) is 12.4 Å². The Bertz CT molecular complexity index is 833. The van der Waals surface area contributed by atoms with Crippen molar-refractivity contribution in [3.63, 3.8) is 0 Å². The summed E-state index contributed by atoms with van der Waals surface area (Å²) in [6.45, 7) is 4.33. The molecular formula is C20H29ClFN3O2. The third kappa shape index (κ3) is 3.67. The third-order valence-electron chi connectivity index (χ3n) is 6.64. The van der Waals surface area contributed by atoms with Gasteiger partial charge in [-0.1, -0.05) is 6.07 Å². The highest BCUT2D eigenvalue weighted by molar-refractivity contribution is 5.85. The number of imidazole rings is 1. The van der Waals surface area contributed by atoms with Crippen molar-refractivity contribution >= 4 is 23.4 Å². The number of ether oxygens (including phenoxy) is 1. The molecule has 1 saturated heterocycles. The fourth-order valence-corrected chi connectivity index (χ4v) is 4.91. The molecule has 1 aromatic carbocycles. The van der Waals surface area contributed by atoms with Crippen molar-refractivity contribution in [2.75, 3.05) is 20.2 Å². The van der Waals surface area contributed by atoms with Crippen molar-refractivity contribution in [3.8, 4) is 0 Å². The second kappa shape index (κ2) is 7.94. The van der Waals surface area contributed by atoms with Crippen molar-refractivity contribution < 1.29 is 9.13 Å². The SMILES string of the molecule is COC1CCC(C)(N2CCC(n3c(=O)[nH]c4c(F)cccc43)CC2)CC1.Cl. The molecule has 0 spiro atoms. The molecule has 1 N–H and O–H groups in total. The minimum atomic E-state index is -0.363. The molecule has 27 heavy (non-hydrogen) atoms. The summed E-state index contributed by atoms with van der Waals surface area (Å²) in [7, 11) is 1.81. The molecular weight excluding hydrogens is 369 g/mol. The van der Waals surface area contributed by atoms with E-state index in [-0.39, 0.29) is 35.5 Å². The van der Waals surface area contributed by atoms with E-state index in [9.17, 15) is 9.18 Å². The maximum absolute atomic E-state index is 14.0. The number of benzene rings is 1. The predicted molar refractivity (Wildman–Crippen MR) is 107 cm³/mol. The number of nitrogens with zero attached hydrogens (tertiary/aromatic N) is 2. The molecule has 1 aromatic heterocycles. The van der Waals surface area contributed by atoms with Gasteiger partial charge in [0.25, 0.3) is 0 Å². The number of aromatic nitrogens is 2. The fourth-order valence-electron chi connectivity index (χ4n) is 4.91. The van der Waals surface area contributed by atoms with E-state index in [2.05, 4.69) is 16.8 Å². The molecule has 0 bridgehead atoms. The predicted octanol–water partition coefficient (Wildman–Crippen LogP) is 3.88. The number of H-pyrrole nitrogens is 1. The van der Waals surface area contributed by atoms with E-state index in [0.29, 0.717) is 17.1 Å². The largest absolute Gasteiger partial charge is 0.381 e. The Balaban J connectivity index is 0.00000210. The number of hydrogen-bond donors (Lipinski definition) is 1. The number of halogens is 2. The van der Waals surface area contributed by atoms with Crippen LogP contribution in [0.1, 0.15) is 51.5 Å². The van der Waals surface area contributed by atoms with Crippen LogP contribution in [0.3, 0.4) is 0 Å². The van der Waals surface area contributed by atoms with E-state index in [4.69, 9.17) is 4.74 Å². The smallest absolute Gasteiger partial charge is 0.326 e. The van der Waals surface area contributed by atoms with Crippen molar-refractivity contribution in [3.05, 3.63) is 34.5 Å². The number of piperidine rings is 1. The zero-order chi connectivity index (χ0) is 18.3. The summed E-state index contributed by atoms with van der Waals surface area (Å²) in [5.74, 6) is -0.363. The summed E-state index contributed by atoms with van der Waals surface area (Å²) in [6, 6.07) is 5.03. The highest BCUT2D eigenvalue weighted by atomic mass is 35.5. The molecule has 4 rings (SSSR count). The number of methoxy groups -OCH3 is 1. The summed E-state index contributed by atoms with van der Waals surface area (Å²) >= 11 is 0. The molecule has 0 radical (unpaired) electrons. The van der Waals surface area contributed by atoms with E-state index in [1.807, 2.05) is 6.07 Å². The van der Waals surface area contributed by atoms with Crippen LogP contribution in [-0.4, -0.2) is 46.3 Å². The van der Waals surface area contributed by atoms with Crippen LogP contribution in [0.2, 0.25) is 0 Å². The number of nitrogens with one attached hydrogen (secondary N) is 1. The van der Waals surface area contributed by atoms with Gasteiger partial charge in [0.15, 0.2) is 0 Å². The Morgan fingerprint density at radius 3 is 2.48 bits per heavy atom. The van der Waals surface area contributed by atoms with Crippen molar-refractivity contribution in [2.45, 2.75) is 63.1 Å². The first kappa shape index (κ1) is 20.4. The van der Waals surface area contributed by atoms with Gasteiger partial charge >= 0.3 is 5.69 Å². The van der Waals surface area contributed by atoms with E-state index < -0.39 is 0 Å². The van der Waals surface area contributed by atoms with Gasteiger partial charge in [-0.25, -0.2) is 9.18 Å². The van der Waals surface area contributed by atoms with E-state index in [1.165, 1.54) is 6.07 Å². The molecule has 2 fully saturated rings. The second-order valence-corrected chi connectivity index (χ2v) is 8.08. The Hall–Kier alpha value is -1.37. The summed E-state index contributed by atoms with van der Waals surface area (Å²) < 4.78 is 21.2. The normalized spacial score (nSPS) is 27.6. The minimum Gasteiger partial charge on any atom is -0.381 e. The molecule has 7 heteroatoms. The summed E-state index contributed by atoms with van der Waals surface area (Å²) in [4.78, 5) is 17.7.